The Morgan fingerprint density at radius 1 is 1.37 bits per heavy atom. The number of rotatable bonds is 5. The molecule has 3 N–H and O–H groups in total. The standard InChI is InChI=1S/C18H26ClN7O4/c1-18(2,3)30-17(28)21-5-6-25-8-10(7-11(25)15(27)29-4)26-9-22-12-13(19)23-16(20)24-14(12)26/h9-11H,5-8H2,1-4H3,(H,21,28)(H2,20,23,24)/t10-,11?/m0/s1. The van der Waals surface area contributed by atoms with Crippen LogP contribution in [0, 0.1) is 0 Å². The lowest BCUT2D eigenvalue weighted by Crippen LogP contribution is -2.42. The van der Waals surface area contributed by atoms with Gasteiger partial charge < -0.3 is 25.1 Å². The van der Waals surface area contributed by atoms with Crippen molar-refractivity contribution in [3.63, 3.8) is 0 Å². The largest absolute Gasteiger partial charge is 0.468 e. The lowest BCUT2D eigenvalue weighted by Gasteiger charge is -2.23. The topological polar surface area (TPSA) is 137 Å². The number of halogens is 1. The van der Waals surface area contributed by atoms with Crippen LogP contribution in [0.25, 0.3) is 11.2 Å². The number of carbonyl (C=O) groups excluding carboxylic acids is 2. The number of anilines is 1. The molecule has 1 saturated heterocycles. The number of methoxy groups -OCH3 is 1. The fraction of sp³-hybridized carbons (Fsp3) is 0.611. The van der Waals surface area contributed by atoms with Crippen molar-refractivity contribution in [1.82, 2.24) is 29.7 Å². The first-order chi connectivity index (χ1) is 14.1. The fourth-order valence-corrected chi connectivity index (χ4v) is 3.71. The van der Waals surface area contributed by atoms with Gasteiger partial charge in [0.2, 0.25) is 5.95 Å². The molecule has 1 aliphatic rings. The molecule has 2 aromatic heterocycles. The number of ether oxygens (including phenoxy) is 2. The molecule has 30 heavy (non-hydrogen) atoms. The minimum Gasteiger partial charge on any atom is -0.468 e. The molecule has 0 spiro atoms. The SMILES string of the molecule is COC(=O)C1C[C@H](n2cnc3c(Cl)nc(N)nc32)CN1CCNC(=O)OC(C)(C)C. The van der Waals surface area contributed by atoms with Gasteiger partial charge in [0.1, 0.15) is 17.2 Å². The molecule has 0 radical (unpaired) electrons. The summed E-state index contributed by atoms with van der Waals surface area (Å²) in [4.78, 5) is 38.6. The van der Waals surface area contributed by atoms with Crippen molar-refractivity contribution in [1.29, 1.82) is 0 Å². The van der Waals surface area contributed by atoms with Crippen LogP contribution in [0.2, 0.25) is 5.15 Å². The molecule has 0 bridgehead atoms. The molecule has 1 unspecified atom stereocenters. The second kappa shape index (κ2) is 8.60. The van der Waals surface area contributed by atoms with Crippen LogP contribution in [0.3, 0.4) is 0 Å². The van der Waals surface area contributed by atoms with Crippen LogP contribution < -0.4 is 11.1 Å². The van der Waals surface area contributed by atoms with Gasteiger partial charge in [0.05, 0.1) is 19.5 Å². The Kier molecular flexibility index (Phi) is 6.32. The van der Waals surface area contributed by atoms with Crippen LogP contribution in [0.1, 0.15) is 33.2 Å². The smallest absolute Gasteiger partial charge is 0.407 e. The van der Waals surface area contributed by atoms with E-state index in [0.717, 1.165) is 0 Å². The number of nitrogen functional groups attached to an aromatic ring is 1. The number of nitrogens with zero attached hydrogens (tertiary/aromatic N) is 5. The highest BCUT2D eigenvalue weighted by Gasteiger charge is 2.39. The predicted octanol–water partition coefficient (Wildman–Crippen LogP) is 1.37. The van der Waals surface area contributed by atoms with E-state index in [1.807, 2.05) is 9.47 Å². The van der Waals surface area contributed by atoms with Gasteiger partial charge in [0.15, 0.2) is 10.8 Å². The van der Waals surface area contributed by atoms with Gasteiger partial charge in [-0.25, -0.2) is 9.78 Å². The molecular weight excluding hydrogens is 414 g/mol. The monoisotopic (exact) mass is 439 g/mol. The van der Waals surface area contributed by atoms with Gasteiger partial charge in [-0.1, -0.05) is 11.6 Å². The van der Waals surface area contributed by atoms with Crippen LogP contribution in [0.15, 0.2) is 6.33 Å². The molecule has 2 aromatic rings. The predicted molar refractivity (Wildman–Crippen MR) is 110 cm³/mol. The minimum absolute atomic E-state index is 0.0511. The zero-order valence-corrected chi connectivity index (χ0v) is 18.1. The van der Waals surface area contributed by atoms with E-state index >= 15 is 0 Å². The highest BCUT2D eigenvalue weighted by Crippen LogP contribution is 2.31. The van der Waals surface area contributed by atoms with E-state index in [0.29, 0.717) is 37.2 Å². The van der Waals surface area contributed by atoms with E-state index in [-0.39, 0.29) is 23.1 Å². The number of fused-ring (bicyclic) bond motifs is 1. The highest BCUT2D eigenvalue weighted by atomic mass is 35.5. The van der Waals surface area contributed by atoms with Crippen molar-refractivity contribution >= 4 is 40.8 Å². The number of nitrogens with two attached hydrogens (primary N) is 1. The van der Waals surface area contributed by atoms with E-state index in [1.54, 1.807) is 27.1 Å². The second-order valence-electron chi connectivity index (χ2n) is 8.05. The summed E-state index contributed by atoms with van der Waals surface area (Å²) in [5.41, 5.74) is 6.11. The normalized spacial score (nSPS) is 19.8. The number of alkyl carbamates (subject to hydrolysis) is 1. The van der Waals surface area contributed by atoms with Gasteiger partial charge >= 0.3 is 12.1 Å². The summed E-state index contributed by atoms with van der Waals surface area (Å²) in [5.74, 6) is -0.290. The molecule has 12 heteroatoms. The van der Waals surface area contributed by atoms with Crippen LogP contribution in [-0.4, -0.2) is 74.9 Å². The number of nitrogens with one attached hydrogen (secondary N) is 1. The number of imidazole rings is 1. The lowest BCUT2D eigenvalue weighted by atomic mass is 10.1. The van der Waals surface area contributed by atoms with Crippen molar-refractivity contribution in [2.24, 2.45) is 0 Å². The van der Waals surface area contributed by atoms with Gasteiger partial charge in [-0.3, -0.25) is 9.69 Å². The van der Waals surface area contributed by atoms with E-state index in [9.17, 15) is 9.59 Å². The summed E-state index contributed by atoms with van der Waals surface area (Å²) in [6, 6.07) is -0.571. The van der Waals surface area contributed by atoms with Crippen LogP contribution in [0.5, 0.6) is 0 Å². The van der Waals surface area contributed by atoms with Crippen molar-refractivity contribution in [3.05, 3.63) is 11.5 Å². The number of hydrogen-bond donors (Lipinski definition) is 2. The van der Waals surface area contributed by atoms with Crippen molar-refractivity contribution in [3.8, 4) is 0 Å². The molecule has 2 atom stereocenters. The van der Waals surface area contributed by atoms with Crippen LogP contribution in [0.4, 0.5) is 10.7 Å². The molecule has 164 valence electrons. The first kappa shape index (κ1) is 22.0. The number of hydrogen-bond acceptors (Lipinski definition) is 9. The molecule has 1 aliphatic heterocycles. The van der Waals surface area contributed by atoms with Crippen molar-refractivity contribution in [2.75, 3.05) is 32.5 Å². The maximum atomic E-state index is 12.3. The first-order valence-corrected chi connectivity index (χ1v) is 9.91. The zero-order chi connectivity index (χ0) is 22.1. The molecule has 3 heterocycles. The maximum absolute atomic E-state index is 12.3. The second-order valence-corrected chi connectivity index (χ2v) is 8.41. The summed E-state index contributed by atoms with van der Waals surface area (Å²) in [6.07, 6.45) is 1.60. The average Bonchev–Trinajstić information content (AvgIpc) is 3.23. The number of aromatic nitrogens is 4. The van der Waals surface area contributed by atoms with E-state index < -0.39 is 17.7 Å². The third-order valence-corrected chi connectivity index (χ3v) is 4.97. The number of amides is 1. The van der Waals surface area contributed by atoms with Gasteiger partial charge in [-0.2, -0.15) is 9.97 Å². The zero-order valence-electron chi connectivity index (χ0n) is 17.4. The Balaban J connectivity index is 1.72. The van der Waals surface area contributed by atoms with Gasteiger partial charge in [-0.05, 0) is 27.2 Å². The summed E-state index contributed by atoms with van der Waals surface area (Å²) in [6.45, 7) is 6.68. The summed E-state index contributed by atoms with van der Waals surface area (Å²) >= 11 is 6.11. The maximum Gasteiger partial charge on any atom is 0.407 e. The molecule has 0 saturated carbocycles. The minimum atomic E-state index is -0.579. The van der Waals surface area contributed by atoms with E-state index in [4.69, 9.17) is 26.8 Å². The van der Waals surface area contributed by atoms with Crippen LogP contribution >= 0.6 is 11.6 Å². The molecular formula is C18H26ClN7O4. The Morgan fingerprint density at radius 3 is 2.77 bits per heavy atom. The average molecular weight is 440 g/mol. The third-order valence-electron chi connectivity index (χ3n) is 4.71. The molecule has 0 aromatic carbocycles. The fourth-order valence-electron chi connectivity index (χ4n) is 3.49. The molecule has 0 aliphatic carbocycles. The Bertz CT molecular complexity index is 942. The van der Waals surface area contributed by atoms with Crippen molar-refractivity contribution in [2.45, 2.75) is 44.9 Å². The quantitative estimate of drug-likeness (QED) is 0.522. The van der Waals surface area contributed by atoms with Gasteiger partial charge in [-0.15, -0.1) is 0 Å². The Hall–Kier alpha value is -2.66. The Labute approximate surface area is 178 Å². The molecule has 3 rings (SSSR count). The number of likely N-dealkylation sites (tertiary alicyclic amines) is 1. The van der Waals surface area contributed by atoms with Crippen molar-refractivity contribution < 1.29 is 19.1 Å². The third kappa shape index (κ3) is 4.90. The van der Waals surface area contributed by atoms with Gasteiger partial charge in [0, 0.05) is 19.6 Å². The number of carbonyl (C=O) groups is 2. The van der Waals surface area contributed by atoms with E-state index in [1.165, 1.54) is 7.11 Å². The molecule has 1 fully saturated rings. The van der Waals surface area contributed by atoms with E-state index in [2.05, 4.69) is 20.3 Å². The Morgan fingerprint density at radius 2 is 2.10 bits per heavy atom. The molecule has 1 amide bonds. The molecule has 11 nitrogen and oxygen atoms in total. The summed E-state index contributed by atoms with van der Waals surface area (Å²) in [7, 11) is 1.35. The first-order valence-electron chi connectivity index (χ1n) is 9.53. The lowest BCUT2D eigenvalue weighted by molar-refractivity contribution is -0.145. The summed E-state index contributed by atoms with van der Waals surface area (Å²) < 4.78 is 12.0. The highest BCUT2D eigenvalue weighted by molar-refractivity contribution is 6.33. The van der Waals surface area contributed by atoms with Crippen LogP contribution in [-0.2, 0) is 14.3 Å². The van der Waals surface area contributed by atoms with Gasteiger partial charge in [0.25, 0.3) is 0 Å². The number of esters is 1. The summed E-state index contributed by atoms with van der Waals surface area (Å²) in [5, 5.41) is 2.89.